The molecule has 5 nitrogen and oxygen atoms in total. The van der Waals surface area contributed by atoms with E-state index >= 15 is 0 Å². The molecule has 1 N–H and O–H groups in total. The van der Waals surface area contributed by atoms with Gasteiger partial charge in [0.1, 0.15) is 0 Å². The molecule has 2 heterocycles. The first kappa shape index (κ1) is 21.7. The van der Waals surface area contributed by atoms with E-state index in [2.05, 4.69) is 39.2 Å². The Kier molecular flexibility index (Phi) is 6.24. The monoisotopic (exact) mass is 502 g/mol. The fourth-order valence-electron chi connectivity index (χ4n) is 3.66. The number of aromatic nitrogens is 1. The number of benzene rings is 2. The van der Waals surface area contributed by atoms with Crippen LogP contribution in [-0.4, -0.2) is 40.6 Å². The number of methoxy groups -OCH3 is 1. The van der Waals surface area contributed by atoms with Gasteiger partial charge in [-0.05, 0) is 0 Å². The van der Waals surface area contributed by atoms with Crippen molar-refractivity contribution in [1.29, 1.82) is 0 Å². The van der Waals surface area contributed by atoms with Crippen molar-refractivity contribution in [2.24, 2.45) is 7.05 Å². The van der Waals surface area contributed by atoms with Crippen LogP contribution in [0, 0.1) is 0 Å². The summed E-state index contributed by atoms with van der Waals surface area (Å²) < 4.78 is 9.89. The number of nitrogens with one attached hydrogen (secondary N) is 1. The maximum atomic E-state index is 12.6. The number of halogens is 1. The van der Waals surface area contributed by atoms with Gasteiger partial charge in [0, 0.05) is 0 Å². The Morgan fingerprint density at radius 1 is 1.26 bits per heavy atom. The van der Waals surface area contributed by atoms with E-state index in [1.165, 1.54) is 4.46 Å². The zero-order chi connectivity index (χ0) is 22.1. The SMILES string of the molecule is COc1ccc2c(c1)N(CC(=O)NC(C)C)/C(=C/c1cc[n+](C)c3ccc(Cl)cc13)[Se]2. The molecule has 31 heavy (non-hydrogen) atoms. The molecule has 0 saturated carbocycles. The van der Waals surface area contributed by atoms with Crippen LogP contribution < -0.4 is 24.0 Å². The summed E-state index contributed by atoms with van der Waals surface area (Å²) in [6, 6.07) is 14.2. The van der Waals surface area contributed by atoms with Gasteiger partial charge in [-0.15, -0.1) is 0 Å². The number of hydrogen-bond donors (Lipinski definition) is 1. The van der Waals surface area contributed by atoms with Crippen LogP contribution >= 0.6 is 11.6 Å². The third kappa shape index (κ3) is 4.57. The summed E-state index contributed by atoms with van der Waals surface area (Å²) in [5.74, 6) is 0.786. The Bertz CT molecular complexity index is 1190. The number of aryl methyl sites for hydroxylation is 1. The number of nitrogens with zero attached hydrogens (tertiary/aromatic N) is 2. The van der Waals surface area contributed by atoms with Gasteiger partial charge in [0.2, 0.25) is 0 Å². The molecule has 1 amide bonds. The molecular formula is C24H25ClN3O2Se+. The number of carbonyl (C=O) groups excluding carboxylic acids is 1. The molecule has 1 aliphatic rings. The molecule has 0 saturated heterocycles. The molecule has 3 aromatic rings. The minimum atomic E-state index is -0.000246. The Balaban J connectivity index is 1.80. The van der Waals surface area contributed by atoms with Crippen molar-refractivity contribution >= 4 is 59.6 Å². The number of rotatable bonds is 5. The second kappa shape index (κ2) is 8.91. The quantitative estimate of drug-likeness (QED) is 0.432. The zero-order valence-corrected chi connectivity index (χ0v) is 20.4. The molecule has 7 heteroatoms. The van der Waals surface area contributed by atoms with Crippen molar-refractivity contribution in [1.82, 2.24) is 5.32 Å². The second-order valence-electron chi connectivity index (χ2n) is 7.77. The average Bonchev–Trinajstić information content (AvgIpc) is 3.05. The number of hydrogen-bond acceptors (Lipinski definition) is 3. The van der Waals surface area contributed by atoms with Crippen LogP contribution in [0.15, 0.2) is 53.3 Å². The van der Waals surface area contributed by atoms with Crippen LogP contribution in [0.2, 0.25) is 5.02 Å². The molecule has 0 unspecified atom stereocenters. The van der Waals surface area contributed by atoms with Crippen molar-refractivity contribution in [2.75, 3.05) is 18.6 Å². The molecule has 4 rings (SSSR count). The first-order valence-electron chi connectivity index (χ1n) is 10.1. The summed E-state index contributed by atoms with van der Waals surface area (Å²) in [6.07, 6.45) is 4.24. The first-order chi connectivity index (χ1) is 14.9. The minimum absolute atomic E-state index is 0.000246. The topological polar surface area (TPSA) is 45.5 Å². The van der Waals surface area contributed by atoms with Crippen molar-refractivity contribution in [3.05, 3.63) is 63.8 Å². The summed E-state index contributed by atoms with van der Waals surface area (Å²) in [4.78, 5) is 14.8. The molecule has 0 aliphatic carbocycles. The van der Waals surface area contributed by atoms with E-state index < -0.39 is 0 Å². The van der Waals surface area contributed by atoms with Crippen LogP contribution in [0.25, 0.3) is 17.0 Å². The summed E-state index contributed by atoms with van der Waals surface area (Å²) in [5, 5.41) is 4.79. The van der Waals surface area contributed by atoms with Crippen molar-refractivity contribution in [3.8, 4) is 5.75 Å². The molecule has 0 spiro atoms. The Labute approximate surface area is 193 Å². The van der Waals surface area contributed by atoms with Crippen LogP contribution in [0.3, 0.4) is 0 Å². The van der Waals surface area contributed by atoms with Gasteiger partial charge in [-0.2, -0.15) is 0 Å². The average molecular weight is 502 g/mol. The fraction of sp³-hybridized carbons (Fsp3) is 0.250. The van der Waals surface area contributed by atoms with Gasteiger partial charge in [-0.1, -0.05) is 0 Å². The maximum absolute atomic E-state index is 12.6. The number of ether oxygens (including phenoxy) is 1. The number of anilines is 1. The molecule has 1 aromatic heterocycles. The predicted octanol–water partition coefficient (Wildman–Crippen LogP) is 3.00. The Hall–Kier alpha value is -2.53. The van der Waals surface area contributed by atoms with Crippen LogP contribution in [0.4, 0.5) is 5.69 Å². The van der Waals surface area contributed by atoms with Crippen molar-refractivity contribution < 1.29 is 14.1 Å². The molecular weight excluding hydrogens is 477 g/mol. The van der Waals surface area contributed by atoms with Crippen LogP contribution in [0.1, 0.15) is 19.4 Å². The van der Waals surface area contributed by atoms with Gasteiger partial charge < -0.3 is 0 Å². The predicted molar refractivity (Wildman–Crippen MR) is 127 cm³/mol. The molecule has 160 valence electrons. The number of carbonyl (C=O) groups is 1. The molecule has 0 radical (unpaired) electrons. The van der Waals surface area contributed by atoms with Gasteiger partial charge in [-0.3, -0.25) is 0 Å². The molecule has 1 aliphatic heterocycles. The van der Waals surface area contributed by atoms with E-state index in [4.69, 9.17) is 16.3 Å². The number of fused-ring (bicyclic) bond motifs is 2. The van der Waals surface area contributed by atoms with Gasteiger partial charge in [0.15, 0.2) is 0 Å². The van der Waals surface area contributed by atoms with E-state index in [1.807, 2.05) is 51.2 Å². The van der Waals surface area contributed by atoms with Gasteiger partial charge in [0.25, 0.3) is 0 Å². The third-order valence-electron chi connectivity index (χ3n) is 5.10. The molecule has 0 bridgehead atoms. The van der Waals surface area contributed by atoms with E-state index in [1.54, 1.807) is 7.11 Å². The van der Waals surface area contributed by atoms with Crippen molar-refractivity contribution in [2.45, 2.75) is 19.9 Å². The van der Waals surface area contributed by atoms with Gasteiger partial charge >= 0.3 is 194 Å². The first-order valence-corrected chi connectivity index (χ1v) is 12.2. The van der Waals surface area contributed by atoms with Crippen LogP contribution in [-0.2, 0) is 11.8 Å². The van der Waals surface area contributed by atoms with E-state index in [0.29, 0.717) is 5.02 Å². The van der Waals surface area contributed by atoms with Gasteiger partial charge in [-0.25, -0.2) is 0 Å². The molecule has 0 atom stereocenters. The molecule has 0 fully saturated rings. The van der Waals surface area contributed by atoms with Gasteiger partial charge in [0.05, 0.1) is 0 Å². The summed E-state index contributed by atoms with van der Waals surface area (Å²) >= 11 is 6.38. The van der Waals surface area contributed by atoms with Crippen molar-refractivity contribution in [3.63, 3.8) is 0 Å². The normalized spacial score (nSPS) is 14.4. The fourth-order valence-corrected chi connectivity index (χ4v) is 6.13. The van der Waals surface area contributed by atoms with E-state index in [0.717, 1.165) is 32.5 Å². The standard InChI is InChI=1S/C24H24ClN3O2Se/c1-15(2)26-23(29)14-28-21-13-18(30-4)6-8-22(21)31-24(28)11-16-9-10-27(3)20-7-5-17(25)12-19(16)20/h5-13,15H,14H2,1-4H3/p+1. The third-order valence-corrected chi connectivity index (χ3v) is 7.66. The van der Waals surface area contributed by atoms with E-state index in [9.17, 15) is 4.79 Å². The summed E-state index contributed by atoms with van der Waals surface area (Å²) in [7, 11) is 3.69. The number of amides is 1. The number of pyridine rings is 1. The molecule has 2 aromatic carbocycles. The summed E-state index contributed by atoms with van der Waals surface area (Å²) in [5.41, 5.74) is 3.22. The van der Waals surface area contributed by atoms with E-state index in [-0.39, 0.29) is 33.5 Å². The summed E-state index contributed by atoms with van der Waals surface area (Å²) in [6.45, 7) is 4.21. The Morgan fingerprint density at radius 2 is 2.06 bits per heavy atom. The Morgan fingerprint density at radius 3 is 2.81 bits per heavy atom. The van der Waals surface area contributed by atoms with Crippen LogP contribution in [0.5, 0.6) is 5.75 Å². The second-order valence-corrected chi connectivity index (χ2v) is 10.4. The zero-order valence-electron chi connectivity index (χ0n) is 18.0.